The number of carbonyl (C=O) groups excluding carboxylic acids is 6. The molecular weight excluding hydrogens is 1840 g/mol. The van der Waals surface area contributed by atoms with Crippen molar-refractivity contribution in [1.29, 1.82) is 0 Å². The Kier molecular flexibility index (Phi) is 15.6. The number of carbonyl (C=O) groups is 6. The van der Waals surface area contributed by atoms with Crippen molar-refractivity contribution in [3.8, 4) is 69.0 Å². The third-order valence-corrected chi connectivity index (χ3v) is 24.1. The highest BCUT2D eigenvalue weighted by atomic mass is 16.5. The van der Waals surface area contributed by atoms with Crippen LogP contribution in [0.4, 0.5) is 0 Å². The molecule has 12 aliphatic rings. The average Bonchev–Trinajstić information content (AvgIpc) is 0.665. The molecular formula is C114H162N6O24. The number of ether oxygens (including phenoxy) is 12. The number of fused-ring (bicyclic) bond motifs is 18. The summed E-state index contributed by atoms with van der Waals surface area (Å²) in [5.41, 5.74) is -19.9. The van der Waals surface area contributed by atoms with E-state index in [0.717, 1.165) is 88.9 Å². The number of hydrogen-bond acceptors (Lipinski definition) is 30. The molecule has 6 saturated heterocycles. The zero-order chi connectivity index (χ0) is 171. The molecule has 6 N–H and O–H groups in total. The molecule has 0 spiro atoms. The monoisotopic (exact) mass is 2080 g/mol. The topological polar surface area (TPSA) is 354 Å². The van der Waals surface area contributed by atoms with Crippen LogP contribution in [0.2, 0.25) is 0 Å². The first-order valence-electron chi connectivity index (χ1n) is 82.2. The van der Waals surface area contributed by atoms with Crippen molar-refractivity contribution >= 4 is 34.7 Å². The smallest absolute Gasteiger partial charge is 0.161 e. The van der Waals surface area contributed by atoms with Crippen LogP contribution < -0.4 is 56.8 Å². The van der Waals surface area contributed by atoms with Crippen molar-refractivity contribution in [2.24, 2.45) is 35.5 Å². The van der Waals surface area contributed by atoms with E-state index >= 15 is 0 Å². The van der Waals surface area contributed by atoms with Crippen molar-refractivity contribution < 1.29 is 220 Å². The summed E-state index contributed by atoms with van der Waals surface area (Å²) in [7, 11) is -10.5. The van der Waals surface area contributed by atoms with Crippen LogP contribution in [0.3, 0.4) is 0 Å². The minimum atomic E-state index is -3.88. The van der Waals surface area contributed by atoms with E-state index in [1.54, 1.807) is 0 Å². The molecule has 0 bridgehead atoms. The van der Waals surface area contributed by atoms with Gasteiger partial charge in [-0.25, -0.2) is 0 Å². The second kappa shape index (κ2) is 46.5. The molecule has 18 atom stereocenters. The summed E-state index contributed by atoms with van der Waals surface area (Å²) in [6, 6.07) is 5.05. The Bertz CT molecular complexity index is 9100. The van der Waals surface area contributed by atoms with E-state index in [1.807, 2.05) is 0 Å². The van der Waals surface area contributed by atoms with Crippen molar-refractivity contribution in [2.45, 2.75) is 267 Å². The number of methoxy groups -OCH3 is 12. The molecule has 0 amide bonds. The van der Waals surface area contributed by atoms with Gasteiger partial charge in [0.1, 0.15) is 34.7 Å². The van der Waals surface area contributed by atoms with E-state index in [1.165, 1.54) is 66.9 Å². The van der Waals surface area contributed by atoms with Crippen molar-refractivity contribution in [3.63, 3.8) is 0 Å². The molecule has 0 aliphatic carbocycles. The molecule has 0 saturated carbocycles. The van der Waals surface area contributed by atoms with Crippen LogP contribution in [0, 0.1) is 35.5 Å². The summed E-state index contributed by atoms with van der Waals surface area (Å²) in [5, 5.41) is 63.6. The fraction of sp³-hybridized carbons (Fsp3) is 0.632. The van der Waals surface area contributed by atoms with Gasteiger partial charge in [0.2, 0.25) is 0 Å². The minimum Gasteiger partial charge on any atom is -0.493 e. The van der Waals surface area contributed by atoms with Gasteiger partial charge in [-0.1, -0.05) is 0 Å². The van der Waals surface area contributed by atoms with E-state index in [2.05, 4.69) is 0 Å². The van der Waals surface area contributed by atoms with Crippen LogP contribution >= 0.6 is 0 Å². The van der Waals surface area contributed by atoms with Gasteiger partial charge in [0.15, 0.2) is 69.0 Å². The third kappa shape index (κ3) is 27.1. The highest BCUT2D eigenvalue weighted by Gasteiger charge is 2.48. The van der Waals surface area contributed by atoms with E-state index in [9.17, 15) is 59.4 Å². The van der Waals surface area contributed by atoms with Gasteiger partial charge >= 0.3 is 0 Å². The van der Waals surface area contributed by atoms with Gasteiger partial charge in [-0.2, -0.15) is 0 Å². The SMILES string of the molecule is [2H]C([2H])([2H])C(C)(O)C([2H])([2H])[C@H]1CN2[C@@H](CC1=O)c1cc(OC)c(OC)cc1C([2H])([2H])C2([2H])[2H].[2H]C([2H])([2H])Oc1cc2c(cc1OC([2H])([2H])[2H])C([2H])([2H])C([2H])([2H])N1C[C@H](C([2H])([2H])C(C)(O)C([2H])([2H])[2H])C(=O)C[C@@H]21.[2H]C([2H])([2H])Oc1cc2c(cc1OC([2H])([2H])[2H])[C@H]1N(CC2)C([2H])([2H])[C@]([2H])(C([2H])([2H])C(C)(O)C([2H])([2H])[2H])C(=O)C1([2H])[2H].[2H]C([2H])([2H])Oc1cc2c(cc1OC)C([2H])([2H])C([2H])([2H])N1C[C@H](C([2H])([2H])C(C)(O)C([2H])([2H])[2H])C(=O)C[C@@H]21.[2H]C([2H])([2H])Oc1cc2c(cc1OC)[C@@H]1CC(=O)[C@@H](C([2H])([2H])C(C)(O)C([2H])([2H])[2H])CN1C([2H])([2H])C2([2H])[2H].[2H]C1([2H])C(=O)[C@@]([2H])(C([2H])([2H])C(C)(O)C([2H])([2H])[2H])CN2[C@@H]1c1cc(OC)c(OC)cc1C([2H])([2H])C2([2H])[2H]. The molecule has 6 aromatic rings. The van der Waals surface area contributed by atoms with Crippen LogP contribution in [-0.4, -0.2) is 291 Å². The highest BCUT2D eigenvalue weighted by molar-refractivity contribution is 5.87. The van der Waals surface area contributed by atoms with Crippen molar-refractivity contribution in [2.75, 3.05) is 163 Å². The minimum absolute atomic E-state index is 0.0184. The van der Waals surface area contributed by atoms with E-state index in [0.29, 0.717) is 36.1 Å². The van der Waals surface area contributed by atoms with Gasteiger partial charge in [-0.15, -0.1) is 0 Å². The first-order chi connectivity index (χ1) is 97.5. The first-order valence-corrected chi connectivity index (χ1v) is 44.2. The number of rotatable bonds is 24. The molecule has 30 heteroatoms. The van der Waals surface area contributed by atoms with Gasteiger partial charge in [-0.3, -0.25) is 58.2 Å². The number of aliphatic hydroxyl groups is 6. The Labute approximate surface area is 959 Å². The van der Waals surface area contributed by atoms with Crippen LogP contribution in [0.5, 0.6) is 69.0 Å². The predicted octanol–water partition coefficient (Wildman–Crippen LogP) is 14.1. The summed E-state index contributed by atoms with van der Waals surface area (Å²) in [5.74, 6) is -24.2. The third-order valence-electron chi connectivity index (χ3n) is 24.1. The quantitative estimate of drug-likeness (QED) is 0.0328. The van der Waals surface area contributed by atoms with Crippen molar-refractivity contribution in [3.05, 3.63) is 140 Å². The summed E-state index contributed by atoms with van der Waals surface area (Å²) < 4.78 is 671. The van der Waals surface area contributed by atoms with Crippen LogP contribution in [-0.2, 0) is 67.1 Å². The maximum absolute atomic E-state index is 13.7. The summed E-state index contributed by atoms with van der Waals surface area (Å²) >= 11 is 0. The first kappa shape index (κ1) is 48.4. The summed E-state index contributed by atoms with van der Waals surface area (Å²) in [6.07, 6.45) is -42.5. The Balaban J connectivity index is 0.000000210. The molecule has 12 aliphatic heterocycles. The number of nitrogens with zero attached hydrogens (tertiary/aromatic N) is 6. The van der Waals surface area contributed by atoms with E-state index < -0.39 is 439 Å². The molecule has 12 heterocycles. The normalized spacial score (nSPS) is 41.3. The molecule has 6 fully saturated rings. The predicted molar refractivity (Wildman–Crippen MR) is 550 cm³/mol. The second-order valence-corrected chi connectivity index (χ2v) is 35.6. The van der Waals surface area contributed by atoms with Gasteiger partial charge in [0, 0.05) is 268 Å². The van der Waals surface area contributed by atoms with Gasteiger partial charge in [0.25, 0.3) is 0 Å². The lowest BCUT2D eigenvalue weighted by atomic mass is 9.79. The second-order valence-electron chi connectivity index (χ2n) is 35.6. The number of hydrogen-bond donors (Lipinski definition) is 6. The number of benzene rings is 6. The molecule has 0 radical (unpaired) electrons. The van der Waals surface area contributed by atoms with E-state index in [-0.39, 0.29) is 108 Å². The average molecular weight is 2080 g/mol. The number of piperidine rings is 6. The molecule has 792 valence electrons. The Morgan fingerprint density at radius 3 is 0.778 bits per heavy atom. The zero-order valence-corrected chi connectivity index (χ0v) is 79.7. The van der Waals surface area contributed by atoms with Gasteiger partial charge in [0.05, 0.1) is 143 Å². The van der Waals surface area contributed by atoms with Gasteiger partial charge < -0.3 is 87.5 Å². The van der Waals surface area contributed by atoms with E-state index in [4.69, 9.17) is 161 Å². The van der Waals surface area contributed by atoms with Crippen LogP contribution in [0.25, 0.3) is 0 Å². The lowest BCUT2D eigenvalue weighted by molar-refractivity contribution is -0.132. The lowest BCUT2D eigenvalue weighted by Gasteiger charge is -2.44. The molecule has 30 nitrogen and oxygen atoms in total. The summed E-state index contributed by atoms with van der Waals surface area (Å²) in [4.78, 5) is 84.7. The molecule has 0 aromatic heterocycles. The van der Waals surface area contributed by atoms with Crippen molar-refractivity contribution in [1.82, 2.24) is 29.4 Å². The molecule has 18 rings (SSSR count). The largest absolute Gasteiger partial charge is 0.493 e. The Hall–Kier alpha value is -9.54. The number of Topliss-reactive ketones (excluding diaryl/α,β-unsaturated/α-hetero) is 6. The fourth-order valence-corrected chi connectivity index (χ4v) is 17.8. The fourth-order valence-electron chi connectivity index (χ4n) is 17.8. The van der Waals surface area contributed by atoms with Gasteiger partial charge in [-0.05, 0) is 299 Å². The van der Waals surface area contributed by atoms with Crippen LogP contribution in [0.15, 0.2) is 72.8 Å². The zero-order valence-electron chi connectivity index (χ0n) is 156. The van der Waals surface area contributed by atoms with Crippen LogP contribution in [0.1, 0.15) is 367 Å². The highest BCUT2D eigenvalue weighted by Crippen LogP contribution is 2.52. The Morgan fingerprint density at radius 2 is 0.507 bits per heavy atom. The maximum atomic E-state index is 13.7. The Morgan fingerprint density at radius 1 is 0.292 bits per heavy atom. The molecule has 144 heavy (non-hydrogen) atoms. The molecule has 6 aromatic carbocycles. The maximum Gasteiger partial charge on any atom is 0.161 e. The number of ketones is 6. The summed E-state index contributed by atoms with van der Waals surface area (Å²) in [6.45, 7) is -38.4. The molecule has 6 unspecified atom stereocenters. The lowest BCUT2D eigenvalue weighted by Crippen LogP contribution is -2.47. The standard InChI is InChI=1S/6C19H27NO4/c6*1-19(2,22)10-13-11-20-6-5-12-7-17(23-3)18(24-4)8-14(12)15(20)9-16(13)21/h6*7-8,13,15,22H,5-6,9-11H2,1-4H3/t6*13-,15-/m000000/s1/i1D3,3D3,4D3,9D2,10D2,11D2,13D;1D3,5D2,6D2,9D2,10D2,13D;1D3,3D3,4D3,5D2,6D2,10D2;1D3,4D3,5D2,6D2,10D2;1D3,3D3,5D2,6D2,10D2;1D3,5D2,6D2,10D2/t6*13-,15-,19?. The number of aryl methyl sites for hydroxylation is 5.